The molecule has 2 rings (SSSR count). The molecule has 2 aromatic rings. The van der Waals surface area contributed by atoms with E-state index in [2.05, 4.69) is 10.4 Å². The fraction of sp³-hybridized carbons (Fsp3) is 0.389. The molecule has 1 aromatic heterocycles. The van der Waals surface area contributed by atoms with Crippen molar-refractivity contribution in [2.75, 3.05) is 18.5 Å². The molecule has 0 spiro atoms. The van der Waals surface area contributed by atoms with Crippen LogP contribution in [-0.4, -0.2) is 28.9 Å². The van der Waals surface area contributed by atoms with Crippen LogP contribution in [-0.2, 0) is 6.54 Å². The Balaban J connectivity index is 2.28. The van der Waals surface area contributed by atoms with Crippen LogP contribution in [0.3, 0.4) is 0 Å². The van der Waals surface area contributed by atoms with Crippen molar-refractivity contribution in [3.8, 4) is 11.5 Å². The number of amides is 1. The van der Waals surface area contributed by atoms with Crippen molar-refractivity contribution in [2.24, 2.45) is 0 Å². The van der Waals surface area contributed by atoms with E-state index in [1.807, 2.05) is 20.8 Å². The van der Waals surface area contributed by atoms with Crippen LogP contribution in [0.2, 0.25) is 0 Å². The number of hydrogen-bond donors (Lipinski definition) is 1. The molecule has 134 valence electrons. The Morgan fingerprint density at radius 2 is 1.88 bits per heavy atom. The van der Waals surface area contributed by atoms with E-state index in [-0.39, 0.29) is 11.3 Å². The number of aryl methyl sites for hydroxylation is 1. The lowest BCUT2D eigenvalue weighted by Gasteiger charge is -2.13. The van der Waals surface area contributed by atoms with E-state index >= 15 is 0 Å². The van der Waals surface area contributed by atoms with Crippen LogP contribution in [0.15, 0.2) is 35.1 Å². The maximum absolute atomic E-state index is 12.5. The Morgan fingerprint density at radius 1 is 1.12 bits per heavy atom. The molecule has 0 aliphatic carbocycles. The van der Waals surface area contributed by atoms with Crippen LogP contribution < -0.4 is 20.3 Å². The van der Waals surface area contributed by atoms with Gasteiger partial charge >= 0.3 is 0 Å². The molecule has 7 nitrogen and oxygen atoms in total. The van der Waals surface area contributed by atoms with Crippen LogP contribution in [0.1, 0.15) is 37.7 Å². The fourth-order valence-electron chi connectivity index (χ4n) is 2.27. The van der Waals surface area contributed by atoms with Gasteiger partial charge in [0.15, 0.2) is 0 Å². The molecule has 1 heterocycles. The minimum absolute atomic E-state index is 0.164. The summed E-state index contributed by atoms with van der Waals surface area (Å²) in [6.07, 6.45) is 0.753. The maximum atomic E-state index is 12.5. The zero-order chi connectivity index (χ0) is 18.2. The van der Waals surface area contributed by atoms with Gasteiger partial charge in [0.1, 0.15) is 17.2 Å². The van der Waals surface area contributed by atoms with E-state index in [9.17, 15) is 9.59 Å². The Kier molecular flexibility index (Phi) is 6.56. The highest BCUT2D eigenvalue weighted by atomic mass is 16.5. The number of nitrogens with zero attached hydrogens (tertiary/aromatic N) is 2. The van der Waals surface area contributed by atoms with Crippen LogP contribution >= 0.6 is 0 Å². The molecular formula is C18H23N3O4. The number of ether oxygens (including phenoxy) is 2. The Morgan fingerprint density at radius 3 is 2.56 bits per heavy atom. The van der Waals surface area contributed by atoms with E-state index in [0.29, 0.717) is 36.9 Å². The third kappa shape index (κ3) is 4.82. The monoisotopic (exact) mass is 345 g/mol. The molecule has 0 atom stereocenters. The van der Waals surface area contributed by atoms with Crippen LogP contribution in [0.5, 0.6) is 11.5 Å². The molecule has 0 aliphatic rings. The summed E-state index contributed by atoms with van der Waals surface area (Å²) in [4.78, 5) is 24.3. The average Bonchev–Trinajstić information content (AvgIpc) is 2.59. The number of hydrogen-bond acceptors (Lipinski definition) is 5. The van der Waals surface area contributed by atoms with Gasteiger partial charge in [-0.1, -0.05) is 6.92 Å². The highest BCUT2D eigenvalue weighted by Gasteiger charge is 2.14. The standard InChI is InChI=1S/C18H23N3O4/c1-4-11-21-17(22)10-8-14(20-21)18(23)19-15-12-13(24-5-2)7-9-16(15)25-6-3/h7-10,12H,4-6,11H2,1-3H3,(H,19,23). The van der Waals surface area contributed by atoms with Gasteiger partial charge in [0, 0.05) is 18.7 Å². The molecule has 7 heteroatoms. The van der Waals surface area contributed by atoms with Crippen molar-refractivity contribution < 1.29 is 14.3 Å². The summed E-state index contributed by atoms with van der Waals surface area (Å²) in [7, 11) is 0. The number of aromatic nitrogens is 2. The summed E-state index contributed by atoms with van der Waals surface area (Å²) in [5.74, 6) is 0.755. The predicted molar refractivity (Wildman–Crippen MR) is 95.5 cm³/mol. The van der Waals surface area contributed by atoms with Gasteiger partial charge < -0.3 is 14.8 Å². The van der Waals surface area contributed by atoms with Gasteiger partial charge in [-0.3, -0.25) is 9.59 Å². The van der Waals surface area contributed by atoms with E-state index in [4.69, 9.17) is 9.47 Å². The van der Waals surface area contributed by atoms with E-state index in [0.717, 1.165) is 6.42 Å². The lowest BCUT2D eigenvalue weighted by atomic mass is 10.2. The first-order chi connectivity index (χ1) is 12.1. The van der Waals surface area contributed by atoms with Gasteiger partial charge in [-0.2, -0.15) is 5.10 Å². The second-order valence-corrected chi connectivity index (χ2v) is 5.26. The Labute approximate surface area is 146 Å². The lowest BCUT2D eigenvalue weighted by Crippen LogP contribution is -2.26. The minimum Gasteiger partial charge on any atom is -0.494 e. The summed E-state index contributed by atoms with van der Waals surface area (Å²) in [6, 6.07) is 7.99. The largest absolute Gasteiger partial charge is 0.494 e. The van der Waals surface area contributed by atoms with Crippen molar-refractivity contribution in [3.05, 3.63) is 46.4 Å². The number of nitrogens with one attached hydrogen (secondary N) is 1. The third-order valence-corrected chi connectivity index (χ3v) is 3.34. The fourth-order valence-corrected chi connectivity index (χ4v) is 2.27. The van der Waals surface area contributed by atoms with Crippen molar-refractivity contribution in [1.82, 2.24) is 9.78 Å². The second kappa shape index (κ2) is 8.86. The minimum atomic E-state index is -0.417. The molecule has 1 aromatic carbocycles. The van der Waals surface area contributed by atoms with Crippen molar-refractivity contribution >= 4 is 11.6 Å². The molecule has 0 saturated heterocycles. The molecule has 0 aliphatic heterocycles. The predicted octanol–water partition coefficient (Wildman–Crippen LogP) is 2.70. The number of carbonyl (C=O) groups excluding carboxylic acids is 1. The molecule has 0 unspecified atom stereocenters. The molecule has 0 radical (unpaired) electrons. The maximum Gasteiger partial charge on any atom is 0.276 e. The smallest absolute Gasteiger partial charge is 0.276 e. The zero-order valence-electron chi connectivity index (χ0n) is 14.7. The molecule has 1 amide bonds. The van der Waals surface area contributed by atoms with E-state index in [1.54, 1.807) is 18.2 Å². The number of rotatable bonds is 8. The zero-order valence-corrected chi connectivity index (χ0v) is 14.7. The summed E-state index contributed by atoms with van der Waals surface area (Å²) < 4.78 is 12.3. The van der Waals surface area contributed by atoms with Gasteiger partial charge in [0.2, 0.25) is 0 Å². The Bertz CT molecular complexity index is 786. The summed E-state index contributed by atoms with van der Waals surface area (Å²) in [6.45, 7) is 7.14. The summed E-state index contributed by atoms with van der Waals surface area (Å²) in [5, 5.41) is 6.89. The molecule has 0 saturated carbocycles. The first-order valence-corrected chi connectivity index (χ1v) is 8.38. The average molecular weight is 345 g/mol. The topological polar surface area (TPSA) is 82.5 Å². The molecule has 1 N–H and O–H groups in total. The van der Waals surface area contributed by atoms with Gasteiger partial charge in [0.05, 0.1) is 18.9 Å². The number of benzene rings is 1. The molecule has 0 bridgehead atoms. The Hall–Kier alpha value is -2.83. The number of anilines is 1. The second-order valence-electron chi connectivity index (χ2n) is 5.26. The van der Waals surface area contributed by atoms with Gasteiger partial charge in [-0.25, -0.2) is 4.68 Å². The van der Waals surface area contributed by atoms with Crippen LogP contribution in [0.4, 0.5) is 5.69 Å². The first kappa shape index (κ1) is 18.5. The first-order valence-electron chi connectivity index (χ1n) is 8.38. The van der Waals surface area contributed by atoms with Crippen molar-refractivity contribution in [1.29, 1.82) is 0 Å². The summed E-state index contributed by atoms with van der Waals surface area (Å²) >= 11 is 0. The highest BCUT2D eigenvalue weighted by Crippen LogP contribution is 2.29. The van der Waals surface area contributed by atoms with Crippen LogP contribution in [0.25, 0.3) is 0 Å². The normalized spacial score (nSPS) is 10.4. The van der Waals surface area contributed by atoms with Crippen molar-refractivity contribution in [3.63, 3.8) is 0 Å². The quantitative estimate of drug-likeness (QED) is 0.795. The molecule has 25 heavy (non-hydrogen) atoms. The van der Waals surface area contributed by atoms with Crippen LogP contribution in [0, 0.1) is 0 Å². The summed E-state index contributed by atoms with van der Waals surface area (Å²) in [5.41, 5.74) is 0.428. The SMILES string of the molecule is CCCn1nc(C(=O)Nc2cc(OCC)ccc2OCC)ccc1=O. The van der Waals surface area contributed by atoms with Gasteiger partial charge in [0.25, 0.3) is 11.5 Å². The van der Waals surface area contributed by atoms with E-state index in [1.165, 1.54) is 16.8 Å². The molecular weight excluding hydrogens is 322 g/mol. The number of carbonyl (C=O) groups is 1. The third-order valence-electron chi connectivity index (χ3n) is 3.34. The molecule has 0 fully saturated rings. The lowest BCUT2D eigenvalue weighted by molar-refractivity contribution is 0.101. The van der Waals surface area contributed by atoms with E-state index < -0.39 is 5.91 Å². The van der Waals surface area contributed by atoms with Gasteiger partial charge in [-0.05, 0) is 38.5 Å². The highest BCUT2D eigenvalue weighted by molar-refractivity contribution is 6.03. The van der Waals surface area contributed by atoms with Crippen molar-refractivity contribution in [2.45, 2.75) is 33.7 Å². The van der Waals surface area contributed by atoms with Gasteiger partial charge in [-0.15, -0.1) is 0 Å².